The van der Waals surface area contributed by atoms with Crippen molar-refractivity contribution >= 4 is 29.2 Å². The van der Waals surface area contributed by atoms with Crippen LogP contribution in [0.5, 0.6) is 11.5 Å². The van der Waals surface area contributed by atoms with Crippen molar-refractivity contribution < 1.29 is 14.8 Å². The van der Waals surface area contributed by atoms with Gasteiger partial charge in [-0.3, -0.25) is 20.3 Å². The van der Waals surface area contributed by atoms with Crippen LogP contribution in [0.25, 0.3) is 0 Å². The number of H-pyrrole nitrogens is 1. The van der Waals surface area contributed by atoms with Gasteiger partial charge in [0.25, 0.3) is 11.2 Å². The molecule has 1 aromatic heterocycles. The maximum absolute atomic E-state index is 11.3. The first-order valence-corrected chi connectivity index (χ1v) is 6.39. The van der Waals surface area contributed by atoms with Gasteiger partial charge in [0.1, 0.15) is 10.7 Å². The van der Waals surface area contributed by atoms with Crippen molar-refractivity contribution in [3.05, 3.63) is 49.4 Å². The van der Waals surface area contributed by atoms with E-state index >= 15 is 0 Å². The number of methoxy groups -OCH3 is 1. The second kappa shape index (κ2) is 6.75. The van der Waals surface area contributed by atoms with Gasteiger partial charge in [-0.2, -0.15) is 10.2 Å². The van der Waals surface area contributed by atoms with E-state index < -0.39 is 10.5 Å². The molecule has 0 fully saturated rings. The van der Waals surface area contributed by atoms with Gasteiger partial charge in [-0.25, -0.2) is 5.10 Å². The molecule has 11 heteroatoms. The molecule has 0 aliphatic rings. The molecule has 120 valence electrons. The number of non-ortho nitro benzene ring substituents is 1. The minimum atomic E-state index is -0.635. The summed E-state index contributed by atoms with van der Waals surface area (Å²) in [6.07, 6.45) is 2.34. The number of hydrogen-bond donors (Lipinski definition) is 3. The Morgan fingerprint density at radius 2 is 2.30 bits per heavy atom. The van der Waals surface area contributed by atoms with Crippen LogP contribution in [0.4, 0.5) is 11.4 Å². The highest BCUT2D eigenvalue weighted by atomic mass is 35.5. The van der Waals surface area contributed by atoms with E-state index in [0.717, 1.165) is 18.3 Å². The Balaban J connectivity index is 2.32. The number of hydrazone groups is 1. The molecule has 10 nitrogen and oxygen atoms in total. The highest BCUT2D eigenvalue weighted by Gasteiger charge is 2.15. The largest absolute Gasteiger partial charge is 0.504 e. The van der Waals surface area contributed by atoms with Crippen molar-refractivity contribution in [2.24, 2.45) is 5.10 Å². The van der Waals surface area contributed by atoms with Crippen LogP contribution in [-0.2, 0) is 0 Å². The molecule has 0 atom stereocenters. The number of hydrogen-bond acceptors (Lipinski definition) is 8. The molecule has 0 saturated heterocycles. The number of aromatic nitrogens is 2. The monoisotopic (exact) mass is 339 g/mol. The molecule has 0 spiro atoms. The fourth-order valence-corrected chi connectivity index (χ4v) is 1.74. The third kappa shape index (κ3) is 3.55. The number of rotatable bonds is 5. The number of phenols is 1. The van der Waals surface area contributed by atoms with Gasteiger partial charge in [0, 0.05) is 11.6 Å². The first kappa shape index (κ1) is 16.2. The van der Waals surface area contributed by atoms with Gasteiger partial charge in [0.05, 0.1) is 30.5 Å². The van der Waals surface area contributed by atoms with Crippen molar-refractivity contribution in [1.29, 1.82) is 0 Å². The van der Waals surface area contributed by atoms with Crippen LogP contribution in [0.15, 0.2) is 28.2 Å². The van der Waals surface area contributed by atoms with E-state index in [1.807, 2.05) is 0 Å². The topological polar surface area (TPSA) is 143 Å². The van der Waals surface area contributed by atoms with E-state index in [4.69, 9.17) is 16.3 Å². The zero-order valence-electron chi connectivity index (χ0n) is 11.6. The van der Waals surface area contributed by atoms with Crippen LogP contribution in [-0.4, -0.2) is 33.6 Å². The normalized spacial score (nSPS) is 10.7. The zero-order valence-corrected chi connectivity index (χ0v) is 12.4. The SMILES string of the molecule is COc1cc([N+](=O)[O-])cc(/C=N/Nc2cn[nH]c(=O)c2Cl)c1O. The molecule has 0 amide bonds. The number of aromatic hydroxyl groups is 1. The lowest BCUT2D eigenvalue weighted by Crippen LogP contribution is -2.10. The fraction of sp³-hybridized carbons (Fsp3) is 0.0833. The Morgan fingerprint density at radius 3 is 2.96 bits per heavy atom. The van der Waals surface area contributed by atoms with Crippen molar-refractivity contribution in [1.82, 2.24) is 10.2 Å². The van der Waals surface area contributed by atoms with Crippen LogP contribution in [0.3, 0.4) is 0 Å². The maximum atomic E-state index is 11.3. The smallest absolute Gasteiger partial charge is 0.285 e. The van der Waals surface area contributed by atoms with E-state index in [1.165, 1.54) is 13.3 Å². The quantitative estimate of drug-likeness (QED) is 0.425. The second-order valence-electron chi connectivity index (χ2n) is 4.14. The number of phenolic OH excluding ortho intramolecular Hbond substituents is 1. The number of aromatic amines is 1. The van der Waals surface area contributed by atoms with Crippen molar-refractivity contribution in [3.63, 3.8) is 0 Å². The van der Waals surface area contributed by atoms with Crippen molar-refractivity contribution in [2.45, 2.75) is 0 Å². The number of benzene rings is 1. The molecule has 3 N–H and O–H groups in total. The van der Waals surface area contributed by atoms with Crippen molar-refractivity contribution in [3.8, 4) is 11.5 Å². The lowest BCUT2D eigenvalue weighted by Gasteiger charge is -2.06. The number of nitro groups is 1. The number of nitro benzene ring substituents is 1. The first-order valence-electron chi connectivity index (χ1n) is 6.01. The van der Waals surface area contributed by atoms with Crippen molar-refractivity contribution in [2.75, 3.05) is 12.5 Å². The standard InChI is InChI=1S/C12H10ClN5O5/c1-23-9-3-7(18(21)22)2-6(11(9)19)4-14-16-8-5-15-17-12(20)10(8)13/h2-5,19H,1H3,(H2,16,17,20)/b14-4+. The average Bonchev–Trinajstić information content (AvgIpc) is 2.52. The van der Waals surface area contributed by atoms with E-state index in [0.29, 0.717) is 0 Å². The molecule has 0 unspecified atom stereocenters. The summed E-state index contributed by atoms with van der Waals surface area (Å²) in [6.45, 7) is 0. The first-order chi connectivity index (χ1) is 10.9. The van der Waals surface area contributed by atoms with Gasteiger partial charge < -0.3 is 9.84 Å². The molecule has 0 bridgehead atoms. The van der Waals surface area contributed by atoms with Gasteiger partial charge in [0.15, 0.2) is 11.5 Å². The lowest BCUT2D eigenvalue weighted by atomic mass is 10.2. The summed E-state index contributed by atoms with van der Waals surface area (Å²) < 4.78 is 4.86. The molecule has 0 aliphatic heterocycles. The average molecular weight is 340 g/mol. The number of anilines is 1. The van der Waals surface area contributed by atoms with Gasteiger partial charge in [-0.05, 0) is 0 Å². The summed E-state index contributed by atoms with van der Waals surface area (Å²) in [5, 5.41) is 30.1. The third-order valence-electron chi connectivity index (χ3n) is 2.70. The molecule has 23 heavy (non-hydrogen) atoms. The highest BCUT2D eigenvalue weighted by Crippen LogP contribution is 2.33. The Kier molecular flexibility index (Phi) is 4.76. The third-order valence-corrected chi connectivity index (χ3v) is 3.08. The molecule has 1 heterocycles. The summed E-state index contributed by atoms with van der Waals surface area (Å²) in [4.78, 5) is 21.5. The summed E-state index contributed by atoms with van der Waals surface area (Å²) in [5.41, 5.74) is 1.73. The predicted molar refractivity (Wildman–Crippen MR) is 82.4 cm³/mol. The molecule has 0 radical (unpaired) electrons. The number of halogens is 1. The Labute approximate surface area is 133 Å². The second-order valence-corrected chi connectivity index (χ2v) is 4.52. The molecule has 2 rings (SSSR count). The van der Waals surface area contributed by atoms with Crippen LogP contribution < -0.4 is 15.7 Å². The zero-order chi connectivity index (χ0) is 17.0. The molecular weight excluding hydrogens is 330 g/mol. The fourth-order valence-electron chi connectivity index (χ4n) is 1.61. The van der Waals surface area contributed by atoms with Gasteiger partial charge in [-0.1, -0.05) is 11.6 Å². The number of nitrogens with one attached hydrogen (secondary N) is 2. The summed E-state index contributed by atoms with van der Waals surface area (Å²) in [7, 11) is 1.26. The van der Waals surface area contributed by atoms with Gasteiger partial charge in [0.2, 0.25) is 0 Å². The minimum absolute atomic E-state index is 0.0393. The highest BCUT2D eigenvalue weighted by molar-refractivity contribution is 6.32. The molecule has 2 aromatic rings. The molecule has 0 saturated carbocycles. The van der Waals surface area contributed by atoms with E-state index in [1.54, 1.807) is 0 Å². The summed E-state index contributed by atoms with van der Waals surface area (Å²) in [5.74, 6) is -0.393. The van der Waals surface area contributed by atoms with E-state index in [-0.39, 0.29) is 33.5 Å². The predicted octanol–water partition coefficient (Wildman–Crippen LogP) is 1.49. The number of ether oxygens (including phenoxy) is 1. The molecule has 0 aliphatic carbocycles. The minimum Gasteiger partial charge on any atom is -0.504 e. The molecular formula is C12H10ClN5O5. The van der Waals surface area contributed by atoms with E-state index in [9.17, 15) is 20.0 Å². The van der Waals surface area contributed by atoms with Crippen LogP contribution in [0.2, 0.25) is 5.02 Å². The summed E-state index contributed by atoms with van der Waals surface area (Å²) >= 11 is 5.74. The lowest BCUT2D eigenvalue weighted by molar-refractivity contribution is -0.385. The summed E-state index contributed by atoms with van der Waals surface area (Å²) in [6, 6.07) is 2.19. The van der Waals surface area contributed by atoms with E-state index in [2.05, 4.69) is 20.7 Å². The van der Waals surface area contributed by atoms with Crippen LogP contribution in [0, 0.1) is 10.1 Å². The Hall–Kier alpha value is -3.14. The Bertz CT molecular complexity index is 835. The maximum Gasteiger partial charge on any atom is 0.285 e. The van der Waals surface area contributed by atoms with Gasteiger partial charge in [-0.15, -0.1) is 0 Å². The van der Waals surface area contributed by atoms with Crippen LogP contribution in [0.1, 0.15) is 5.56 Å². The van der Waals surface area contributed by atoms with Crippen LogP contribution >= 0.6 is 11.6 Å². The Morgan fingerprint density at radius 1 is 1.57 bits per heavy atom. The number of nitrogens with zero attached hydrogens (tertiary/aromatic N) is 3. The molecule has 1 aromatic carbocycles. The van der Waals surface area contributed by atoms with Gasteiger partial charge >= 0.3 is 0 Å².